The van der Waals surface area contributed by atoms with E-state index >= 15 is 0 Å². The van der Waals surface area contributed by atoms with Crippen LogP contribution < -0.4 is 21.5 Å². The van der Waals surface area contributed by atoms with Gasteiger partial charge in [0.1, 0.15) is 0 Å². The van der Waals surface area contributed by atoms with Gasteiger partial charge < -0.3 is 25.3 Å². The number of ether oxygens (including phenoxy) is 1. The lowest BCUT2D eigenvalue weighted by Crippen LogP contribution is -2.23. The van der Waals surface area contributed by atoms with E-state index in [0.29, 0.717) is 48.0 Å². The second-order valence-electron chi connectivity index (χ2n) is 11.9. The van der Waals surface area contributed by atoms with Gasteiger partial charge in [0.05, 0.1) is 18.2 Å². The van der Waals surface area contributed by atoms with Gasteiger partial charge in [-0.1, -0.05) is 51.1 Å². The molecule has 1 atom stereocenters. The van der Waals surface area contributed by atoms with Gasteiger partial charge in [-0.25, -0.2) is 4.98 Å². The first-order valence-electron chi connectivity index (χ1n) is 14.3. The van der Waals surface area contributed by atoms with E-state index in [1.807, 2.05) is 49.4 Å². The highest BCUT2D eigenvalue weighted by Crippen LogP contribution is 2.29. The minimum absolute atomic E-state index is 0.0000110. The molecule has 9 heteroatoms. The minimum atomic E-state index is -0.304. The van der Waals surface area contributed by atoms with Gasteiger partial charge in [-0.05, 0) is 66.3 Å². The molecule has 0 radical (unpaired) electrons. The van der Waals surface area contributed by atoms with Crippen LogP contribution in [0.4, 0.5) is 22.9 Å². The molecule has 3 N–H and O–H groups in total. The predicted octanol–water partition coefficient (Wildman–Crippen LogP) is 6.02. The van der Waals surface area contributed by atoms with Crippen LogP contribution in [-0.4, -0.2) is 34.6 Å². The van der Waals surface area contributed by atoms with Gasteiger partial charge in [0, 0.05) is 48.0 Å². The Morgan fingerprint density at radius 2 is 1.70 bits per heavy atom. The summed E-state index contributed by atoms with van der Waals surface area (Å²) in [5, 5.41) is 9.07. The number of aryl methyl sites for hydroxylation is 1. The van der Waals surface area contributed by atoms with Gasteiger partial charge in [0.15, 0.2) is 5.82 Å². The summed E-state index contributed by atoms with van der Waals surface area (Å²) < 4.78 is 6.79. The summed E-state index contributed by atoms with van der Waals surface area (Å²) in [7, 11) is 1.67. The van der Waals surface area contributed by atoms with Crippen molar-refractivity contribution in [3.8, 4) is 11.3 Å². The number of benzene rings is 3. The Balaban J connectivity index is 1.37. The molecule has 43 heavy (non-hydrogen) atoms. The van der Waals surface area contributed by atoms with E-state index in [4.69, 9.17) is 4.74 Å². The van der Waals surface area contributed by atoms with Crippen LogP contribution in [0.15, 0.2) is 77.7 Å². The van der Waals surface area contributed by atoms with Gasteiger partial charge in [0.25, 0.3) is 11.5 Å². The Morgan fingerprint density at radius 3 is 2.40 bits per heavy atom. The van der Waals surface area contributed by atoms with E-state index in [-0.39, 0.29) is 34.5 Å². The highest BCUT2D eigenvalue weighted by Gasteiger charge is 2.23. The number of aromatic nitrogens is 2. The summed E-state index contributed by atoms with van der Waals surface area (Å²) in [6.07, 6.45) is 2.37. The molecule has 1 unspecified atom stereocenters. The summed E-state index contributed by atoms with van der Waals surface area (Å²) in [5.41, 5.74) is 5.46. The van der Waals surface area contributed by atoms with E-state index < -0.39 is 0 Å². The van der Waals surface area contributed by atoms with E-state index in [1.54, 1.807) is 37.5 Å². The van der Waals surface area contributed by atoms with Gasteiger partial charge in [0.2, 0.25) is 5.91 Å². The quantitative estimate of drug-likeness (QED) is 0.247. The molecule has 1 saturated heterocycles. The number of amides is 2. The van der Waals surface area contributed by atoms with Crippen molar-refractivity contribution in [2.24, 2.45) is 13.0 Å². The van der Waals surface area contributed by atoms with Crippen LogP contribution in [0, 0.1) is 12.8 Å². The van der Waals surface area contributed by atoms with Crippen molar-refractivity contribution in [1.82, 2.24) is 9.55 Å². The van der Waals surface area contributed by atoms with Crippen molar-refractivity contribution in [2.75, 3.05) is 29.2 Å². The van der Waals surface area contributed by atoms with E-state index in [0.717, 1.165) is 16.7 Å². The second kappa shape index (κ2) is 12.2. The molecule has 0 bridgehead atoms. The molecular weight excluding hydrogens is 542 g/mol. The lowest BCUT2D eigenvalue weighted by Gasteiger charge is -2.19. The zero-order valence-electron chi connectivity index (χ0n) is 25.2. The summed E-state index contributed by atoms with van der Waals surface area (Å²) >= 11 is 0. The van der Waals surface area contributed by atoms with Crippen LogP contribution in [0.25, 0.3) is 11.3 Å². The number of hydrogen-bond donors (Lipinski definition) is 3. The summed E-state index contributed by atoms with van der Waals surface area (Å²) in [6.45, 7) is 9.33. The number of rotatable bonds is 7. The number of carbonyl (C=O) groups excluding carboxylic acids is 2. The summed E-state index contributed by atoms with van der Waals surface area (Å²) in [5.74, 6) is -0.320. The molecule has 222 valence electrons. The normalized spacial score (nSPS) is 14.8. The van der Waals surface area contributed by atoms with Crippen molar-refractivity contribution in [3.05, 3.63) is 100.0 Å². The zero-order chi connectivity index (χ0) is 30.7. The lowest BCUT2D eigenvalue weighted by atomic mass is 9.86. The topological polar surface area (TPSA) is 114 Å². The molecular formula is C34H37N5O4. The van der Waals surface area contributed by atoms with Crippen LogP contribution in [0.3, 0.4) is 0 Å². The van der Waals surface area contributed by atoms with Crippen LogP contribution in [0.2, 0.25) is 0 Å². The Hall–Kier alpha value is -4.76. The molecule has 1 aromatic heterocycles. The fraction of sp³-hybridized carbons (Fsp3) is 0.294. The van der Waals surface area contributed by atoms with Gasteiger partial charge in [-0.15, -0.1) is 0 Å². The molecule has 5 rings (SSSR count). The summed E-state index contributed by atoms with van der Waals surface area (Å²) in [4.78, 5) is 43.3. The number of nitrogens with one attached hydrogen (secondary N) is 3. The average Bonchev–Trinajstić information content (AvgIpc) is 3.52. The van der Waals surface area contributed by atoms with E-state index in [9.17, 15) is 14.4 Å². The zero-order valence-corrected chi connectivity index (χ0v) is 25.2. The average molecular weight is 580 g/mol. The maximum atomic E-state index is 13.1. The lowest BCUT2D eigenvalue weighted by molar-refractivity contribution is -0.119. The van der Waals surface area contributed by atoms with Crippen molar-refractivity contribution in [3.63, 3.8) is 0 Å². The molecule has 9 nitrogen and oxygen atoms in total. The molecule has 1 aliphatic rings. The maximum Gasteiger partial charge on any atom is 0.293 e. The number of carbonyl (C=O) groups is 2. The standard InChI is InChI=1S/C34H37N5O4/c1-21-27(10-7-11-28(21)38-31(40)22-12-14-24(15-13-22)34(2,3)4)29-19-39(5)33(42)30(37-29)35-25-8-6-9-26(18-25)36-32(41)23-16-17-43-20-23/h6-15,18-19,23H,16-17,20H2,1-5H3,(H,35,37)(H,36,41)(H,38,40). The number of hydrogen-bond acceptors (Lipinski definition) is 6. The van der Waals surface area contributed by atoms with Crippen molar-refractivity contribution >= 4 is 34.7 Å². The van der Waals surface area contributed by atoms with Crippen molar-refractivity contribution in [2.45, 2.75) is 39.5 Å². The molecule has 4 aromatic rings. The van der Waals surface area contributed by atoms with Crippen molar-refractivity contribution in [1.29, 1.82) is 0 Å². The third-order valence-electron chi connectivity index (χ3n) is 7.64. The molecule has 0 spiro atoms. The highest BCUT2D eigenvalue weighted by molar-refractivity contribution is 6.05. The Bertz CT molecular complexity index is 1710. The molecule has 1 fully saturated rings. The highest BCUT2D eigenvalue weighted by atomic mass is 16.5. The van der Waals surface area contributed by atoms with Gasteiger partial charge in [-0.3, -0.25) is 14.4 Å². The smallest absolute Gasteiger partial charge is 0.293 e. The first-order chi connectivity index (χ1) is 20.5. The van der Waals surface area contributed by atoms with Crippen LogP contribution >= 0.6 is 0 Å². The fourth-order valence-electron chi connectivity index (χ4n) is 4.98. The molecule has 0 aliphatic carbocycles. The van der Waals surface area contributed by atoms with Crippen LogP contribution in [-0.2, 0) is 22.0 Å². The third-order valence-corrected chi connectivity index (χ3v) is 7.64. The maximum absolute atomic E-state index is 13.1. The molecule has 0 saturated carbocycles. The molecule has 3 aromatic carbocycles. The predicted molar refractivity (Wildman–Crippen MR) is 170 cm³/mol. The minimum Gasteiger partial charge on any atom is -0.381 e. The van der Waals surface area contributed by atoms with Crippen LogP contribution in [0.1, 0.15) is 48.7 Å². The molecule has 2 heterocycles. The number of nitrogens with zero attached hydrogens (tertiary/aromatic N) is 2. The SMILES string of the molecule is Cc1c(NC(=O)c2ccc(C(C)(C)C)cc2)cccc1-c1cn(C)c(=O)c(Nc2cccc(NC(=O)C3CCOC3)c2)n1. The Morgan fingerprint density at radius 1 is 0.977 bits per heavy atom. The third kappa shape index (κ3) is 6.84. The van der Waals surface area contributed by atoms with Crippen molar-refractivity contribution < 1.29 is 14.3 Å². The Labute approximate surface area is 251 Å². The van der Waals surface area contributed by atoms with Gasteiger partial charge >= 0.3 is 0 Å². The number of anilines is 4. The van der Waals surface area contributed by atoms with Crippen LogP contribution in [0.5, 0.6) is 0 Å². The second-order valence-corrected chi connectivity index (χ2v) is 11.9. The van der Waals surface area contributed by atoms with Gasteiger partial charge in [-0.2, -0.15) is 0 Å². The molecule has 2 amide bonds. The largest absolute Gasteiger partial charge is 0.381 e. The first kappa shape index (κ1) is 29.7. The monoisotopic (exact) mass is 579 g/mol. The molecule has 1 aliphatic heterocycles. The fourth-order valence-corrected chi connectivity index (χ4v) is 4.98. The Kier molecular flexibility index (Phi) is 8.45. The van der Waals surface area contributed by atoms with E-state index in [2.05, 4.69) is 41.7 Å². The first-order valence-corrected chi connectivity index (χ1v) is 14.3. The van der Waals surface area contributed by atoms with E-state index in [1.165, 1.54) is 4.57 Å². The summed E-state index contributed by atoms with van der Waals surface area (Å²) in [6, 6.07) is 20.4.